The summed E-state index contributed by atoms with van der Waals surface area (Å²) in [6, 6.07) is 0. The molecule has 0 aliphatic carbocycles. The second-order valence-electron chi connectivity index (χ2n) is 5.25. The van der Waals surface area contributed by atoms with E-state index in [1.807, 2.05) is 5.06 Å². The van der Waals surface area contributed by atoms with Gasteiger partial charge in [-0.25, -0.2) is 0 Å². The molecule has 1 rings (SSSR count). The number of methoxy groups -OCH3 is 1. The smallest absolute Gasteiger partial charge is 0.0840 e. The molecule has 1 saturated heterocycles. The first-order valence-electron chi connectivity index (χ1n) is 4.95. The van der Waals surface area contributed by atoms with Crippen LogP contribution in [0.1, 0.15) is 40.5 Å². The quantitative estimate of drug-likeness (QED) is 0.716. The fourth-order valence-electron chi connectivity index (χ4n) is 2.53. The Morgan fingerprint density at radius 2 is 1.57 bits per heavy atom. The van der Waals surface area contributed by atoms with Crippen LogP contribution in [-0.2, 0) is 9.13 Å². The molecular weight excluding hydrogens is 202 g/mol. The van der Waals surface area contributed by atoms with Crippen LogP contribution in [0.5, 0.6) is 0 Å². The Morgan fingerprint density at radius 1 is 1.14 bits per heavy atom. The van der Waals surface area contributed by atoms with E-state index >= 15 is 0 Å². The van der Waals surface area contributed by atoms with Gasteiger partial charge in [-0.05, 0) is 40.5 Å². The SMILES string of the molecule is COC1CC(C)(C)N(OCl)C(C)(C)C1. The molecule has 0 spiro atoms. The van der Waals surface area contributed by atoms with E-state index in [-0.39, 0.29) is 17.2 Å². The summed E-state index contributed by atoms with van der Waals surface area (Å²) in [5.41, 5.74) is -0.186. The molecular formula is C10H20ClNO2. The highest BCUT2D eigenvalue weighted by Gasteiger charge is 2.46. The summed E-state index contributed by atoms with van der Waals surface area (Å²) in [6.45, 7) is 8.45. The minimum absolute atomic E-state index is 0.0931. The van der Waals surface area contributed by atoms with Crippen molar-refractivity contribution >= 4 is 11.9 Å². The standard InChI is InChI=1S/C10H20ClNO2/c1-9(2)6-8(13-5)7-10(3,4)12(9)14-11/h8H,6-7H2,1-5H3. The van der Waals surface area contributed by atoms with Gasteiger partial charge in [-0.2, -0.15) is 9.45 Å². The average molecular weight is 222 g/mol. The summed E-state index contributed by atoms with van der Waals surface area (Å²) < 4.78 is 10.4. The van der Waals surface area contributed by atoms with Crippen LogP contribution >= 0.6 is 11.9 Å². The number of ether oxygens (including phenoxy) is 1. The lowest BCUT2D eigenvalue weighted by atomic mass is 9.80. The number of hydrogen-bond acceptors (Lipinski definition) is 3. The molecule has 1 fully saturated rings. The number of hydrogen-bond donors (Lipinski definition) is 0. The van der Waals surface area contributed by atoms with Gasteiger partial charge in [0.05, 0.1) is 18.0 Å². The van der Waals surface area contributed by atoms with Crippen molar-refractivity contribution in [1.82, 2.24) is 5.06 Å². The topological polar surface area (TPSA) is 21.7 Å². The summed E-state index contributed by atoms with van der Waals surface area (Å²) >= 11 is 5.53. The predicted octanol–water partition coefficient (Wildman–Crippen LogP) is 2.74. The molecule has 1 aliphatic heterocycles. The molecule has 1 heterocycles. The third-order valence-electron chi connectivity index (χ3n) is 2.96. The van der Waals surface area contributed by atoms with Gasteiger partial charge in [0, 0.05) is 18.2 Å². The molecule has 1 aliphatic rings. The predicted molar refractivity (Wildman–Crippen MR) is 57.0 cm³/mol. The van der Waals surface area contributed by atoms with E-state index in [0.717, 1.165) is 12.8 Å². The number of rotatable bonds is 2. The molecule has 4 heteroatoms. The number of piperidine rings is 1. The molecule has 0 atom stereocenters. The molecule has 0 saturated carbocycles. The lowest BCUT2D eigenvalue weighted by molar-refractivity contribution is -0.234. The normalized spacial score (nSPS) is 27.9. The van der Waals surface area contributed by atoms with Gasteiger partial charge in [-0.1, -0.05) is 0 Å². The Bertz CT molecular complexity index is 188. The van der Waals surface area contributed by atoms with Crippen LogP contribution in [0.2, 0.25) is 0 Å². The highest BCUT2D eigenvalue weighted by Crippen LogP contribution is 2.39. The fraction of sp³-hybridized carbons (Fsp3) is 1.00. The molecule has 84 valence electrons. The van der Waals surface area contributed by atoms with Gasteiger partial charge < -0.3 is 4.74 Å². The molecule has 0 bridgehead atoms. The van der Waals surface area contributed by atoms with Crippen molar-refractivity contribution in [2.75, 3.05) is 7.11 Å². The minimum Gasteiger partial charge on any atom is -0.381 e. The maximum atomic E-state index is 5.53. The Balaban J connectivity index is 2.87. The van der Waals surface area contributed by atoms with E-state index in [2.05, 4.69) is 27.7 Å². The highest BCUT2D eigenvalue weighted by atomic mass is 35.5. The molecule has 3 nitrogen and oxygen atoms in total. The third kappa shape index (κ3) is 2.22. The van der Waals surface area contributed by atoms with Crippen LogP contribution < -0.4 is 0 Å². The van der Waals surface area contributed by atoms with Gasteiger partial charge in [0.15, 0.2) is 0 Å². The maximum Gasteiger partial charge on any atom is 0.0840 e. The van der Waals surface area contributed by atoms with Crippen molar-refractivity contribution in [1.29, 1.82) is 0 Å². The second-order valence-corrected chi connectivity index (χ2v) is 5.39. The van der Waals surface area contributed by atoms with Gasteiger partial charge in [-0.15, -0.1) is 0 Å². The molecule has 0 unspecified atom stereocenters. The highest BCUT2D eigenvalue weighted by molar-refractivity contribution is 6.07. The summed E-state index contributed by atoms with van der Waals surface area (Å²) in [5, 5.41) is 1.86. The van der Waals surface area contributed by atoms with Crippen molar-refractivity contribution in [2.24, 2.45) is 0 Å². The molecule has 0 aromatic carbocycles. The largest absolute Gasteiger partial charge is 0.381 e. The molecule has 0 amide bonds. The van der Waals surface area contributed by atoms with Crippen LogP contribution in [0.25, 0.3) is 0 Å². The summed E-state index contributed by atoms with van der Waals surface area (Å²) in [5.74, 6) is 0. The first-order chi connectivity index (χ1) is 6.33. The van der Waals surface area contributed by atoms with E-state index in [1.165, 1.54) is 0 Å². The van der Waals surface area contributed by atoms with Crippen LogP contribution in [-0.4, -0.2) is 29.4 Å². The van der Waals surface area contributed by atoms with Gasteiger partial charge in [-0.3, -0.25) is 0 Å². The Hall–Kier alpha value is 0.170. The van der Waals surface area contributed by atoms with Crippen molar-refractivity contribution in [3.05, 3.63) is 0 Å². The lowest BCUT2D eigenvalue weighted by Gasteiger charge is -2.51. The Labute approximate surface area is 91.4 Å². The van der Waals surface area contributed by atoms with Gasteiger partial charge in [0.25, 0.3) is 0 Å². The third-order valence-corrected chi connectivity index (χ3v) is 3.09. The van der Waals surface area contributed by atoms with Crippen molar-refractivity contribution in [3.8, 4) is 0 Å². The monoisotopic (exact) mass is 221 g/mol. The van der Waals surface area contributed by atoms with Crippen LogP contribution in [0, 0.1) is 0 Å². The van der Waals surface area contributed by atoms with Crippen LogP contribution in [0.15, 0.2) is 0 Å². The van der Waals surface area contributed by atoms with Gasteiger partial charge >= 0.3 is 0 Å². The molecule has 14 heavy (non-hydrogen) atoms. The number of hydroxylamine groups is 2. The molecule has 0 N–H and O–H groups in total. The lowest BCUT2D eigenvalue weighted by Crippen LogP contribution is -2.60. The Kier molecular flexibility index (Phi) is 3.47. The summed E-state index contributed by atoms with van der Waals surface area (Å²) in [4.78, 5) is 0. The zero-order valence-electron chi connectivity index (χ0n) is 9.63. The molecule has 0 aromatic heterocycles. The van der Waals surface area contributed by atoms with Gasteiger partial charge in [0.2, 0.25) is 0 Å². The first-order valence-corrected chi connectivity index (χ1v) is 5.26. The van der Waals surface area contributed by atoms with Crippen molar-refractivity contribution < 1.29 is 9.13 Å². The van der Waals surface area contributed by atoms with Crippen molar-refractivity contribution in [3.63, 3.8) is 0 Å². The zero-order valence-corrected chi connectivity index (χ0v) is 10.4. The van der Waals surface area contributed by atoms with Gasteiger partial charge in [0.1, 0.15) is 0 Å². The first kappa shape index (κ1) is 12.2. The van der Waals surface area contributed by atoms with E-state index in [0.29, 0.717) is 0 Å². The van der Waals surface area contributed by atoms with E-state index in [9.17, 15) is 0 Å². The van der Waals surface area contributed by atoms with Crippen LogP contribution in [0.4, 0.5) is 0 Å². The average Bonchev–Trinajstić information content (AvgIpc) is 2.00. The summed E-state index contributed by atoms with van der Waals surface area (Å²) in [6.07, 6.45) is 2.14. The zero-order chi connectivity index (χ0) is 11.0. The minimum atomic E-state index is -0.0931. The summed E-state index contributed by atoms with van der Waals surface area (Å²) in [7, 11) is 1.76. The molecule has 0 radical (unpaired) electrons. The van der Waals surface area contributed by atoms with Crippen LogP contribution in [0.3, 0.4) is 0 Å². The van der Waals surface area contributed by atoms with Crippen molar-refractivity contribution in [2.45, 2.75) is 57.7 Å². The van der Waals surface area contributed by atoms with E-state index in [4.69, 9.17) is 21.0 Å². The second kappa shape index (κ2) is 3.97. The fourth-order valence-corrected chi connectivity index (χ4v) is 2.90. The van der Waals surface area contributed by atoms with E-state index < -0.39 is 0 Å². The Morgan fingerprint density at radius 3 is 1.86 bits per heavy atom. The maximum absolute atomic E-state index is 5.53. The number of nitrogens with zero attached hydrogens (tertiary/aromatic N) is 1. The number of halogens is 1. The van der Waals surface area contributed by atoms with E-state index in [1.54, 1.807) is 7.11 Å². The molecule has 0 aromatic rings.